The Bertz CT molecular complexity index is 552. The number of carboxylic acid groups (broad SMARTS) is 1. The number of nitrogens with zero attached hydrogens (tertiary/aromatic N) is 1. The van der Waals surface area contributed by atoms with Crippen molar-refractivity contribution in [3.8, 4) is 0 Å². The summed E-state index contributed by atoms with van der Waals surface area (Å²) in [5.74, 6) is -0.870. The first-order valence-corrected chi connectivity index (χ1v) is 4.80. The molecule has 0 unspecified atom stereocenters. The summed E-state index contributed by atoms with van der Waals surface area (Å²) in [7, 11) is 1.87. The van der Waals surface area contributed by atoms with E-state index in [0.29, 0.717) is 5.56 Å². The number of carbonyl (C=O) groups is 1. The van der Waals surface area contributed by atoms with E-state index in [2.05, 4.69) is 6.07 Å². The molecule has 15 heavy (non-hydrogen) atoms. The molecule has 2 aromatic rings. The molecule has 2 rings (SSSR count). The Labute approximate surface area is 87.9 Å². The summed E-state index contributed by atoms with van der Waals surface area (Å²) >= 11 is 0. The fourth-order valence-electron chi connectivity index (χ4n) is 2.13. The minimum absolute atomic E-state index is 0.374. The van der Waals surface area contributed by atoms with Gasteiger partial charge in [0.25, 0.3) is 0 Å². The monoisotopic (exact) mass is 203 g/mol. The van der Waals surface area contributed by atoms with Crippen LogP contribution in [-0.2, 0) is 7.05 Å². The zero-order valence-corrected chi connectivity index (χ0v) is 9.03. The topological polar surface area (TPSA) is 42.2 Å². The average Bonchev–Trinajstić information content (AvgIpc) is 2.42. The lowest BCUT2D eigenvalue weighted by Gasteiger charge is -2.02. The van der Waals surface area contributed by atoms with Gasteiger partial charge in [-0.15, -0.1) is 0 Å². The van der Waals surface area contributed by atoms with E-state index < -0.39 is 5.97 Å². The van der Waals surface area contributed by atoms with Gasteiger partial charge in [0, 0.05) is 18.6 Å². The molecule has 0 spiro atoms. The number of rotatable bonds is 1. The summed E-state index contributed by atoms with van der Waals surface area (Å²) in [6.07, 6.45) is 1.67. The lowest BCUT2D eigenvalue weighted by molar-refractivity contribution is 0.0699. The van der Waals surface area contributed by atoms with Crippen molar-refractivity contribution in [1.29, 1.82) is 0 Å². The van der Waals surface area contributed by atoms with Crippen LogP contribution >= 0.6 is 0 Å². The molecular formula is C12H13NO2. The Kier molecular flexibility index (Phi) is 2.03. The molecule has 0 radical (unpaired) electrons. The Morgan fingerprint density at radius 1 is 1.33 bits per heavy atom. The molecule has 0 aliphatic carbocycles. The summed E-state index contributed by atoms with van der Waals surface area (Å²) in [5.41, 5.74) is 3.58. The summed E-state index contributed by atoms with van der Waals surface area (Å²) < 4.78 is 1.87. The number of aromatic nitrogens is 1. The first kappa shape index (κ1) is 9.77. The molecule has 0 saturated heterocycles. The highest BCUT2D eigenvalue weighted by molar-refractivity contribution is 6.04. The van der Waals surface area contributed by atoms with E-state index >= 15 is 0 Å². The largest absolute Gasteiger partial charge is 0.478 e. The summed E-state index contributed by atoms with van der Waals surface area (Å²) in [6.45, 7) is 3.98. The van der Waals surface area contributed by atoms with Gasteiger partial charge in [0.05, 0.1) is 11.1 Å². The van der Waals surface area contributed by atoms with Crippen molar-refractivity contribution in [3.63, 3.8) is 0 Å². The number of carboxylic acids is 1. The highest BCUT2D eigenvalue weighted by atomic mass is 16.4. The van der Waals surface area contributed by atoms with Crippen molar-refractivity contribution in [2.45, 2.75) is 13.8 Å². The lowest BCUT2D eigenvalue weighted by Crippen LogP contribution is -1.94. The number of aromatic carboxylic acids is 1. The van der Waals surface area contributed by atoms with E-state index in [4.69, 9.17) is 5.11 Å². The van der Waals surface area contributed by atoms with Crippen LogP contribution in [0.3, 0.4) is 0 Å². The molecular weight excluding hydrogens is 190 g/mol. The molecule has 0 amide bonds. The molecule has 0 aliphatic rings. The highest BCUT2D eigenvalue weighted by Crippen LogP contribution is 2.25. The summed E-state index contributed by atoms with van der Waals surface area (Å²) in [4.78, 5) is 11.0. The fraction of sp³-hybridized carbons (Fsp3) is 0.250. The normalized spacial score (nSPS) is 10.9. The van der Waals surface area contributed by atoms with Crippen LogP contribution in [0, 0.1) is 13.8 Å². The zero-order chi connectivity index (χ0) is 11.2. The average molecular weight is 203 g/mol. The van der Waals surface area contributed by atoms with Gasteiger partial charge in [-0.05, 0) is 25.5 Å². The van der Waals surface area contributed by atoms with Crippen LogP contribution in [0.1, 0.15) is 21.5 Å². The van der Waals surface area contributed by atoms with Gasteiger partial charge < -0.3 is 9.67 Å². The van der Waals surface area contributed by atoms with Crippen LogP contribution in [-0.4, -0.2) is 15.6 Å². The first-order chi connectivity index (χ1) is 7.00. The van der Waals surface area contributed by atoms with E-state index in [0.717, 1.165) is 22.0 Å². The predicted molar refractivity (Wildman–Crippen MR) is 59.4 cm³/mol. The minimum Gasteiger partial charge on any atom is -0.478 e. The fourth-order valence-corrected chi connectivity index (χ4v) is 2.13. The van der Waals surface area contributed by atoms with Crippen molar-refractivity contribution in [2.24, 2.45) is 7.05 Å². The van der Waals surface area contributed by atoms with Gasteiger partial charge in [-0.2, -0.15) is 0 Å². The van der Waals surface area contributed by atoms with Gasteiger partial charge in [-0.25, -0.2) is 4.79 Å². The van der Waals surface area contributed by atoms with Crippen molar-refractivity contribution in [2.75, 3.05) is 0 Å². The number of fused-ring (bicyclic) bond motifs is 1. The van der Waals surface area contributed by atoms with Crippen molar-refractivity contribution >= 4 is 16.9 Å². The molecule has 0 atom stereocenters. The van der Waals surface area contributed by atoms with E-state index in [-0.39, 0.29) is 0 Å². The van der Waals surface area contributed by atoms with Gasteiger partial charge in [-0.3, -0.25) is 0 Å². The third-order valence-corrected chi connectivity index (χ3v) is 2.64. The smallest absolute Gasteiger partial charge is 0.337 e. The second-order valence-electron chi connectivity index (χ2n) is 3.94. The number of aryl methyl sites for hydroxylation is 3. The summed E-state index contributed by atoms with van der Waals surface area (Å²) in [5, 5.41) is 9.89. The number of hydrogen-bond donors (Lipinski definition) is 1. The first-order valence-electron chi connectivity index (χ1n) is 4.80. The molecule has 0 saturated carbocycles. The van der Waals surface area contributed by atoms with E-state index in [1.54, 1.807) is 6.20 Å². The Morgan fingerprint density at radius 3 is 2.60 bits per heavy atom. The summed E-state index contributed by atoms with van der Waals surface area (Å²) in [6, 6.07) is 3.99. The molecule has 3 nitrogen and oxygen atoms in total. The van der Waals surface area contributed by atoms with Crippen LogP contribution in [0.15, 0.2) is 18.3 Å². The van der Waals surface area contributed by atoms with E-state index in [9.17, 15) is 4.79 Å². The second kappa shape index (κ2) is 3.12. The quantitative estimate of drug-likeness (QED) is 0.773. The van der Waals surface area contributed by atoms with Crippen LogP contribution in [0.4, 0.5) is 0 Å². The van der Waals surface area contributed by atoms with Crippen LogP contribution in [0.2, 0.25) is 0 Å². The van der Waals surface area contributed by atoms with Crippen LogP contribution in [0.5, 0.6) is 0 Å². The molecule has 1 aromatic heterocycles. The standard InChI is InChI=1S/C12H13NO2/c1-7-4-8(2)11-9(5-7)10(12(14)15)6-13(11)3/h4-6H,1-3H3,(H,14,15). The molecule has 3 heteroatoms. The highest BCUT2D eigenvalue weighted by Gasteiger charge is 2.14. The third-order valence-electron chi connectivity index (χ3n) is 2.64. The Morgan fingerprint density at radius 2 is 2.00 bits per heavy atom. The van der Waals surface area contributed by atoms with Gasteiger partial charge in [0.15, 0.2) is 0 Å². The second-order valence-corrected chi connectivity index (χ2v) is 3.94. The molecule has 1 aromatic carbocycles. The van der Waals surface area contributed by atoms with Gasteiger partial charge >= 0.3 is 5.97 Å². The van der Waals surface area contributed by atoms with E-state index in [1.165, 1.54) is 0 Å². The van der Waals surface area contributed by atoms with Crippen LogP contribution in [0.25, 0.3) is 10.9 Å². The van der Waals surface area contributed by atoms with Gasteiger partial charge in [-0.1, -0.05) is 11.6 Å². The number of benzene rings is 1. The lowest BCUT2D eigenvalue weighted by atomic mass is 10.1. The van der Waals surface area contributed by atoms with Crippen molar-refractivity contribution in [1.82, 2.24) is 4.57 Å². The maximum absolute atomic E-state index is 11.0. The molecule has 1 N–H and O–H groups in total. The van der Waals surface area contributed by atoms with E-state index in [1.807, 2.05) is 31.5 Å². The molecule has 0 fully saturated rings. The van der Waals surface area contributed by atoms with Crippen molar-refractivity contribution < 1.29 is 9.90 Å². The van der Waals surface area contributed by atoms with Crippen molar-refractivity contribution in [3.05, 3.63) is 35.0 Å². The van der Waals surface area contributed by atoms with Gasteiger partial charge in [0.1, 0.15) is 0 Å². The minimum atomic E-state index is -0.870. The molecule has 1 heterocycles. The van der Waals surface area contributed by atoms with Crippen LogP contribution < -0.4 is 0 Å². The molecule has 0 aliphatic heterocycles. The predicted octanol–water partition coefficient (Wildman–Crippen LogP) is 2.49. The van der Waals surface area contributed by atoms with Gasteiger partial charge in [0.2, 0.25) is 0 Å². The number of hydrogen-bond acceptors (Lipinski definition) is 1. The zero-order valence-electron chi connectivity index (χ0n) is 9.03. The maximum atomic E-state index is 11.0. The third kappa shape index (κ3) is 1.40. The SMILES string of the molecule is Cc1cc(C)c2c(c1)c(C(=O)O)cn2C. The molecule has 78 valence electrons. The Hall–Kier alpha value is -1.77. The Balaban J connectivity index is 2.93. The molecule has 0 bridgehead atoms. The maximum Gasteiger partial charge on any atom is 0.337 e.